The summed E-state index contributed by atoms with van der Waals surface area (Å²) in [6, 6.07) is 0. The molecular weight excluding hydrogens is 374 g/mol. The van der Waals surface area contributed by atoms with Crippen molar-refractivity contribution < 1.29 is 14.4 Å². The predicted octanol–water partition coefficient (Wildman–Crippen LogP) is 5.39. The normalized spacial score (nSPS) is 19.2. The zero-order chi connectivity index (χ0) is 22.1. The molecule has 2 unspecified atom stereocenters. The van der Waals surface area contributed by atoms with Gasteiger partial charge in [0.15, 0.2) is 0 Å². The fourth-order valence-electron chi connectivity index (χ4n) is 4.41. The molecule has 0 saturated carbocycles. The Kier molecular flexibility index (Phi) is 14.7. The number of hydrogen-bond acceptors (Lipinski definition) is 4. The molecular formula is C25H47N3O2. The van der Waals surface area contributed by atoms with Crippen molar-refractivity contribution in [2.75, 3.05) is 6.54 Å². The van der Waals surface area contributed by atoms with Gasteiger partial charge in [-0.05, 0) is 6.42 Å². The number of nitrogens with zero attached hydrogens (tertiary/aromatic N) is 2. The number of unbranched alkanes of at least 4 members (excludes halogenated alkanes) is 15. The lowest BCUT2D eigenvalue weighted by Gasteiger charge is -2.36. The van der Waals surface area contributed by atoms with Gasteiger partial charge in [0, 0.05) is 13.3 Å². The number of amidine groups is 1. The fourth-order valence-corrected chi connectivity index (χ4v) is 4.41. The first-order chi connectivity index (χ1) is 14.5. The average molecular weight is 422 g/mol. The molecule has 2 N–H and O–H groups in total. The molecule has 0 radical (unpaired) electrons. The Labute approximate surface area is 185 Å². The predicted molar refractivity (Wildman–Crippen MR) is 125 cm³/mol. The van der Waals surface area contributed by atoms with Gasteiger partial charge in [-0.15, -0.1) is 0 Å². The van der Waals surface area contributed by atoms with E-state index in [1.54, 1.807) is 12.4 Å². The maximum absolute atomic E-state index is 11.2. The largest absolute Gasteiger partial charge is 0.544 e. The molecule has 0 aromatic rings. The van der Waals surface area contributed by atoms with E-state index in [-0.39, 0.29) is 17.2 Å². The summed E-state index contributed by atoms with van der Waals surface area (Å²) in [7, 11) is 0. The van der Waals surface area contributed by atoms with Gasteiger partial charge in [0.1, 0.15) is 18.9 Å². The molecule has 0 saturated heterocycles. The molecule has 1 heterocycles. The number of rotatable bonds is 20. The van der Waals surface area contributed by atoms with Crippen LogP contribution in [0.4, 0.5) is 0 Å². The highest BCUT2D eigenvalue weighted by atomic mass is 16.4. The molecule has 0 aromatic heterocycles. The minimum absolute atomic E-state index is 0.112. The molecule has 1 aliphatic heterocycles. The lowest BCUT2D eigenvalue weighted by Crippen LogP contribution is -2.60. The molecule has 0 bridgehead atoms. The van der Waals surface area contributed by atoms with Crippen molar-refractivity contribution in [3.63, 3.8) is 0 Å². The zero-order valence-electron chi connectivity index (χ0n) is 19.7. The molecule has 0 fully saturated rings. The van der Waals surface area contributed by atoms with Gasteiger partial charge in [0.25, 0.3) is 0 Å². The van der Waals surface area contributed by atoms with Crippen LogP contribution in [0.15, 0.2) is 17.4 Å². The third kappa shape index (κ3) is 10.7. The summed E-state index contributed by atoms with van der Waals surface area (Å²) in [4.78, 5) is 15.6. The summed E-state index contributed by atoms with van der Waals surface area (Å²) in [6.07, 6.45) is 25.5. The highest BCUT2D eigenvalue weighted by molar-refractivity contribution is 5.81. The SMILES string of the molecule is CCCCCCCCCCCCCCCCCCC1=NC=C[N+]1(CC(=O)[O-])C(C)N. The van der Waals surface area contributed by atoms with Crippen LogP contribution in [0.25, 0.3) is 0 Å². The first kappa shape index (κ1) is 26.8. The standard InChI is InChI=1S/C25H47N3O2/c1-3-4-5-6-7-8-9-10-11-12-13-14-15-16-17-18-19-24-27-20-21-28(24,23(2)26)22-25(29)30/h20-21,23H,3-19,22,26H2,1-2H3. The summed E-state index contributed by atoms with van der Waals surface area (Å²) in [5, 5.41) is 11.2. The van der Waals surface area contributed by atoms with Crippen molar-refractivity contribution in [1.82, 2.24) is 0 Å². The molecule has 1 aliphatic rings. The molecule has 0 spiro atoms. The quantitative estimate of drug-likeness (QED) is 0.211. The number of hydrogen-bond donors (Lipinski definition) is 1. The lowest BCUT2D eigenvalue weighted by atomic mass is 10.0. The van der Waals surface area contributed by atoms with Gasteiger partial charge < -0.3 is 9.90 Å². The van der Waals surface area contributed by atoms with Gasteiger partial charge in [-0.2, -0.15) is 0 Å². The monoisotopic (exact) mass is 421 g/mol. The molecule has 5 heteroatoms. The topological polar surface area (TPSA) is 78.5 Å². The molecule has 2 atom stereocenters. The summed E-state index contributed by atoms with van der Waals surface area (Å²) < 4.78 is 0.112. The van der Waals surface area contributed by atoms with Crippen LogP contribution in [0.5, 0.6) is 0 Å². The Hall–Kier alpha value is -1.20. The van der Waals surface area contributed by atoms with Gasteiger partial charge in [0.05, 0.1) is 12.2 Å². The summed E-state index contributed by atoms with van der Waals surface area (Å²) in [5.74, 6) is -0.224. The molecule has 0 aliphatic carbocycles. The third-order valence-electron chi connectivity index (χ3n) is 6.41. The number of carboxylic acids is 1. The van der Waals surface area contributed by atoms with E-state index in [1.807, 2.05) is 6.92 Å². The second kappa shape index (κ2) is 16.5. The van der Waals surface area contributed by atoms with E-state index >= 15 is 0 Å². The zero-order valence-corrected chi connectivity index (χ0v) is 19.7. The highest BCUT2D eigenvalue weighted by Crippen LogP contribution is 2.23. The van der Waals surface area contributed by atoms with E-state index in [4.69, 9.17) is 5.73 Å². The van der Waals surface area contributed by atoms with Crippen LogP contribution in [0.3, 0.4) is 0 Å². The minimum Gasteiger partial charge on any atom is -0.544 e. The second-order valence-electron chi connectivity index (χ2n) is 9.10. The van der Waals surface area contributed by atoms with Crippen molar-refractivity contribution in [2.45, 2.75) is 129 Å². The highest BCUT2D eigenvalue weighted by Gasteiger charge is 2.38. The number of nitrogens with two attached hydrogens (primary N) is 1. The Bertz CT molecular complexity index is 517. The van der Waals surface area contributed by atoms with Gasteiger partial charge in [0.2, 0.25) is 5.84 Å². The average Bonchev–Trinajstić information content (AvgIpc) is 3.10. The van der Waals surface area contributed by atoms with E-state index < -0.39 is 5.97 Å². The van der Waals surface area contributed by atoms with Crippen molar-refractivity contribution >= 4 is 11.8 Å². The van der Waals surface area contributed by atoms with Crippen LogP contribution in [0, 0.1) is 0 Å². The minimum atomic E-state index is -1.08. The Balaban J connectivity index is 1.97. The molecule has 0 aromatic carbocycles. The molecule has 174 valence electrons. The summed E-state index contributed by atoms with van der Waals surface area (Å²) in [5.41, 5.74) is 6.08. The van der Waals surface area contributed by atoms with E-state index in [1.165, 1.54) is 96.3 Å². The maximum atomic E-state index is 11.2. The second-order valence-corrected chi connectivity index (χ2v) is 9.10. The van der Waals surface area contributed by atoms with Gasteiger partial charge in [-0.25, -0.2) is 9.48 Å². The van der Waals surface area contributed by atoms with Crippen molar-refractivity contribution in [3.05, 3.63) is 12.4 Å². The van der Waals surface area contributed by atoms with Crippen LogP contribution >= 0.6 is 0 Å². The lowest BCUT2D eigenvalue weighted by molar-refractivity contribution is -0.808. The Morgan fingerprint density at radius 2 is 1.33 bits per heavy atom. The number of quaternary nitrogens is 1. The van der Waals surface area contributed by atoms with Crippen LogP contribution < -0.4 is 10.8 Å². The van der Waals surface area contributed by atoms with Gasteiger partial charge in [-0.1, -0.05) is 103 Å². The molecule has 1 rings (SSSR count). The van der Waals surface area contributed by atoms with E-state index in [0.717, 1.165) is 18.7 Å². The van der Waals surface area contributed by atoms with E-state index in [0.29, 0.717) is 0 Å². The number of carboxylic acid groups (broad SMARTS) is 1. The maximum Gasteiger partial charge on any atom is 0.209 e. The van der Waals surface area contributed by atoms with Crippen molar-refractivity contribution in [2.24, 2.45) is 10.7 Å². The Morgan fingerprint density at radius 1 is 0.900 bits per heavy atom. The first-order valence-corrected chi connectivity index (χ1v) is 12.6. The smallest absolute Gasteiger partial charge is 0.209 e. The first-order valence-electron chi connectivity index (χ1n) is 12.6. The number of aliphatic carboxylic acids is 1. The fraction of sp³-hybridized carbons (Fsp3) is 0.840. The van der Waals surface area contributed by atoms with Gasteiger partial charge in [-0.3, -0.25) is 5.73 Å². The molecule has 0 amide bonds. The van der Waals surface area contributed by atoms with Crippen LogP contribution in [0.1, 0.15) is 123 Å². The Morgan fingerprint density at radius 3 is 1.73 bits per heavy atom. The number of aliphatic imine (C=N–C) groups is 1. The summed E-state index contributed by atoms with van der Waals surface area (Å²) in [6.45, 7) is 3.98. The van der Waals surface area contributed by atoms with Crippen LogP contribution in [0.2, 0.25) is 0 Å². The van der Waals surface area contributed by atoms with Crippen LogP contribution in [-0.4, -0.2) is 29.0 Å². The third-order valence-corrected chi connectivity index (χ3v) is 6.41. The number of carbonyl (C=O) groups is 1. The number of carbonyl (C=O) groups excluding carboxylic acids is 1. The van der Waals surface area contributed by atoms with E-state index in [2.05, 4.69) is 11.9 Å². The molecule has 5 nitrogen and oxygen atoms in total. The van der Waals surface area contributed by atoms with Crippen LogP contribution in [-0.2, 0) is 4.79 Å². The van der Waals surface area contributed by atoms with E-state index in [9.17, 15) is 9.90 Å². The van der Waals surface area contributed by atoms with Crippen molar-refractivity contribution in [3.8, 4) is 0 Å². The van der Waals surface area contributed by atoms with Crippen molar-refractivity contribution in [1.29, 1.82) is 0 Å². The van der Waals surface area contributed by atoms with Gasteiger partial charge >= 0.3 is 0 Å². The summed E-state index contributed by atoms with van der Waals surface area (Å²) >= 11 is 0. The molecule has 30 heavy (non-hydrogen) atoms.